The Labute approximate surface area is 178 Å². The summed E-state index contributed by atoms with van der Waals surface area (Å²) in [5, 5.41) is 0. The van der Waals surface area contributed by atoms with Crippen molar-refractivity contribution in [2.24, 2.45) is 14.1 Å². The molecule has 0 amide bonds. The van der Waals surface area contributed by atoms with E-state index in [0.29, 0.717) is 16.9 Å². The van der Waals surface area contributed by atoms with Crippen LogP contribution in [0.5, 0.6) is 0 Å². The molecule has 3 aromatic heterocycles. The fourth-order valence-electron chi connectivity index (χ4n) is 4.03. The van der Waals surface area contributed by atoms with Gasteiger partial charge in [0.15, 0.2) is 11.2 Å². The van der Waals surface area contributed by atoms with E-state index in [9.17, 15) is 9.59 Å². The van der Waals surface area contributed by atoms with Gasteiger partial charge in [-0.3, -0.25) is 22.9 Å². The summed E-state index contributed by atoms with van der Waals surface area (Å²) in [5.41, 5.74) is 5.31. The van der Waals surface area contributed by atoms with Gasteiger partial charge in [-0.2, -0.15) is 4.98 Å². The number of fused-ring (bicyclic) bond motifs is 3. The Kier molecular flexibility index (Phi) is 4.22. The molecule has 0 aliphatic rings. The Morgan fingerprint density at radius 3 is 2.23 bits per heavy atom. The number of nitrogens with zero attached hydrogens (tertiary/aromatic N) is 5. The highest BCUT2D eigenvalue weighted by molar-refractivity contribution is 5.79. The van der Waals surface area contributed by atoms with E-state index in [1.54, 1.807) is 11.4 Å². The molecule has 0 bridgehead atoms. The molecule has 7 heteroatoms. The fraction of sp³-hybridized carbons (Fsp3) is 0.208. The molecule has 0 radical (unpaired) electrons. The van der Waals surface area contributed by atoms with E-state index < -0.39 is 5.69 Å². The minimum atomic E-state index is -0.393. The van der Waals surface area contributed by atoms with Crippen LogP contribution in [0.3, 0.4) is 0 Å². The first-order valence-corrected chi connectivity index (χ1v) is 10.3. The van der Waals surface area contributed by atoms with Gasteiger partial charge in [0, 0.05) is 31.5 Å². The summed E-state index contributed by atoms with van der Waals surface area (Å²) < 4.78 is 6.36. The van der Waals surface area contributed by atoms with Crippen molar-refractivity contribution in [3.8, 4) is 16.9 Å². The van der Waals surface area contributed by atoms with Crippen LogP contribution < -0.4 is 11.2 Å². The van der Waals surface area contributed by atoms with Crippen molar-refractivity contribution in [2.45, 2.75) is 20.3 Å². The molecule has 0 aliphatic heterocycles. The van der Waals surface area contributed by atoms with Crippen LogP contribution in [0.2, 0.25) is 0 Å². The lowest BCUT2D eigenvalue weighted by Crippen LogP contribution is -2.37. The lowest BCUT2D eigenvalue weighted by Gasteiger charge is -2.10. The van der Waals surface area contributed by atoms with Crippen LogP contribution in [-0.2, 0) is 20.5 Å². The van der Waals surface area contributed by atoms with E-state index in [1.807, 2.05) is 10.8 Å². The highest BCUT2D eigenvalue weighted by Gasteiger charge is 2.21. The summed E-state index contributed by atoms with van der Waals surface area (Å²) in [6.07, 6.45) is 2.88. The first kappa shape index (κ1) is 19.1. The molecule has 0 saturated carbocycles. The van der Waals surface area contributed by atoms with Crippen molar-refractivity contribution in [1.29, 1.82) is 0 Å². The average Bonchev–Trinajstić information content (AvgIpc) is 3.33. The van der Waals surface area contributed by atoms with Crippen molar-refractivity contribution >= 4 is 16.9 Å². The molecular formula is C24H23N5O2. The van der Waals surface area contributed by atoms with Crippen molar-refractivity contribution in [3.63, 3.8) is 0 Å². The van der Waals surface area contributed by atoms with E-state index in [4.69, 9.17) is 4.98 Å². The Bertz CT molecular complexity index is 1560. The number of rotatable bonds is 3. The summed E-state index contributed by atoms with van der Waals surface area (Å²) in [5.74, 6) is 0.591. The number of imidazole rings is 2. The molecule has 0 fully saturated rings. The van der Waals surface area contributed by atoms with E-state index in [0.717, 1.165) is 27.9 Å². The third-order valence-corrected chi connectivity index (χ3v) is 5.92. The summed E-state index contributed by atoms with van der Waals surface area (Å²) in [4.78, 5) is 30.1. The molecule has 0 N–H and O–H groups in total. The van der Waals surface area contributed by atoms with Crippen LogP contribution >= 0.6 is 0 Å². The largest absolute Gasteiger partial charge is 0.332 e. The lowest BCUT2D eigenvalue weighted by molar-refractivity contribution is 0.708. The molecule has 156 valence electrons. The minimum Gasteiger partial charge on any atom is -0.279 e. The predicted octanol–water partition coefficient (Wildman–Crippen LogP) is 3.21. The number of hydrogen-bond donors (Lipinski definition) is 0. The zero-order chi connectivity index (χ0) is 21.9. The smallest absolute Gasteiger partial charge is 0.279 e. The maximum absolute atomic E-state index is 13.0. The maximum atomic E-state index is 13.0. The first-order valence-electron chi connectivity index (χ1n) is 10.3. The Hall–Kier alpha value is -3.87. The molecule has 5 rings (SSSR count). The molecule has 2 aromatic carbocycles. The molecule has 7 nitrogen and oxygen atoms in total. The third kappa shape index (κ3) is 2.77. The molecule has 0 aliphatic carbocycles. The predicted molar refractivity (Wildman–Crippen MR) is 122 cm³/mol. The molecule has 3 heterocycles. The zero-order valence-corrected chi connectivity index (χ0v) is 18.0. The van der Waals surface area contributed by atoms with Crippen molar-refractivity contribution < 1.29 is 0 Å². The molecule has 31 heavy (non-hydrogen) atoms. The number of hydrogen-bond acceptors (Lipinski definition) is 3. The molecule has 0 atom stereocenters. The van der Waals surface area contributed by atoms with Crippen LogP contribution in [0.25, 0.3) is 33.9 Å². The SMILES string of the molecule is CCc1ccc(-n2c(-c3ccc(C)cc3)cn3c4c(=O)n(C)c(=O)n(C)c4nc23)cc1. The van der Waals surface area contributed by atoms with E-state index in [-0.39, 0.29) is 5.56 Å². The highest BCUT2D eigenvalue weighted by atomic mass is 16.2. The van der Waals surface area contributed by atoms with Gasteiger partial charge in [0.05, 0.1) is 5.69 Å². The molecule has 5 aromatic rings. The van der Waals surface area contributed by atoms with E-state index in [1.165, 1.54) is 22.7 Å². The topological polar surface area (TPSA) is 66.2 Å². The van der Waals surface area contributed by atoms with Gasteiger partial charge >= 0.3 is 5.69 Å². The van der Waals surface area contributed by atoms with Crippen molar-refractivity contribution in [3.05, 3.63) is 86.7 Å². The van der Waals surface area contributed by atoms with Gasteiger partial charge in [-0.1, -0.05) is 48.9 Å². The quantitative estimate of drug-likeness (QED) is 0.456. The van der Waals surface area contributed by atoms with Gasteiger partial charge in [0.2, 0.25) is 5.78 Å². The van der Waals surface area contributed by atoms with Gasteiger partial charge in [-0.05, 0) is 31.0 Å². The highest BCUT2D eigenvalue weighted by Crippen LogP contribution is 2.29. The van der Waals surface area contributed by atoms with Crippen LogP contribution in [0.4, 0.5) is 0 Å². The van der Waals surface area contributed by atoms with Gasteiger partial charge in [-0.15, -0.1) is 0 Å². The normalized spacial score (nSPS) is 11.6. The van der Waals surface area contributed by atoms with Crippen molar-refractivity contribution in [1.82, 2.24) is 23.1 Å². The van der Waals surface area contributed by atoms with E-state index >= 15 is 0 Å². The number of aryl methyl sites for hydroxylation is 3. The fourth-order valence-corrected chi connectivity index (χ4v) is 4.03. The average molecular weight is 413 g/mol. The van der Waals surface area contributed by atoms with Gasteiger partial charge in [-0.25, -0.2) is 4.79 Å². The standard InChI is InChI=1S/C24H23N5O2/c1-5-16-8-12-18(13-9-16)29-19(17-10-6-15(2)7-11-17)14-28-20-21(25-23(28)29)26(3)24(31)27(4)22(20)30/h6-14H,5H2,1-4H3. The summed E-state index contributed by atoms with van der Waals surface area (Å²) >= 11 is 0. The van der Waals surface area contributed by atoms with Crippen LogP contribution in [0.1, 0.15) is 18.1 Å². The second-order valence-corrected chi connectivity index (χ2v) is 7.90. The molecule has 0 unspecified atom stereocenters. The molecular weight excluding hydrogens is 390 g/mol. The zero-order valence-electron chi connectivity index (χ0n) is 18.0. The van der Waals surface area contributed by atoms with Crippen LogP contribution in [0, 0.1) is 6.92 Å². The number of aromatic nitrogens is 5. The van der Waals surface area contributed by atoms with Crippen LogP contribution in [-0.4, -0.2) is 23.1 Å². The third-order valence-electron chi connectivity index (χ3n) is 5.92. The number of benzene rings is 2. The maximum Gasteiger partial charge on any atom is 0.332 e. The minimum absolute atomic E-state index is 0.362. The van der Waals surface area contributed by atoms with Gasteiger partial charge in [0.1, 0.15) is 0 Å². The summed E-state index contributed by atoms with van der Waals surface area (Å²) in [7, 11) is 3.13. The first-order chi connectivity index (χ1) is 14.9. The molecule has 0 saturated heterocycles. The Morgan fingerprint density at radius 1 is 0.903 bits per heavy atom. The second-order valence-electron chi connectivity index (χ2n) is 7.90. The Balaban J connectivity index is 1.92. The summed E-state index contributed by atoms with van der Waals surface area (Å²) in [6, 6.07) is 16.6. The summed E-state index contributed by atoms with van der Waals surface area (Å²) in [6.45, 7) is 4.18. The Morgan fingerprint density at radius 2 is 1.58 bits per heavy atom. The van der Waals surface area contributed by atoms with Crippen molar-refractivity contribution in [2.75, 3.05) is 0 Å². The second kappa shape index (κ2) is 6.84. The monoisotopic (exact) mass is 413 g/mol. The lowest BCUT2D eigenvalue weighted by atomic mass is 10.1. The van der Waals surface area contributed by atoms with Gasteiger partial charge < -0.3 is 0 Å². The molecule has 0 spiro atoms. The van der Waals surface area contributed by atoms with Gasteiger partial charge in [0.25, 0.3) is 5.56 Å². The van der Waals surface area contributed by atoms with E-state index in [2.05, 4.69) is 62.4 Å². The van der Waals surface area contributed by atoms with Crippen LogP contribution in [0.15, 0.2) is 64.3 Å².